The third kappa shape index (κ3) is 1.51. The zero-order chi connectivity index (χ0) is 13.7. The van der Waals surface area contributed by atoms with Crippen LogP contribution in [0.3, 0.4) is 0 Å². The van der Waals surface area contributed by atoms with Crippen molar-refractivity contribution in [3.8, 4) is 17.0 Å². The van der Waals surface area contributed by atoms with Crippen molar-refractivity contribution in [3.63, 3.8) is 0 Å². The van der Waals surface area contributed by atoms with E-state index in [1.54, 1.807) is 23.0 Å². The Morgan fingerprint density at radius 1 is 1.26 bits per heavy atom. The van der Waals surface area contributed by atoms with E-state index in [2.05, 4.69) is 9.67 Å². The number of phenols is 1. The summed E-state index contributed by atoms with van der Waals surface area (Å²) < 4.78 is 3.86. The highest BCUT2D eigenvalue weighted by Crippen LogP contribution is 2.37. The summed E-state index contributed by atoms with van der Waals surface area (Å²) in [5.41, 5.74) is 10.7. The van der Waals surface area contributed by atoms with Gasteiger partial charge in [0.05, 0.1) is 17.6 Å². The lowest BCUT2D eigenvalue weighted by atomic mass is 10.1. The van der Waals surface area contributed by atoms with Crippen LogP contribution in [0.4, 0.5) is 5.69 Å². The number of nitrogens with two attached hydrogens (primary N) is 1. The molecule has 0 aliphatic heterocycles. The van der Waals surface area contributed by atoms with Gasteiger partial charge in [0.15, 0.2) is 0 Å². The van der Waals surface area contributed by atoms with E-state index in [-0.39, 0.29) is 5.75 Å². The summed E-state index contributed by atoms with van der Waals surface area (Å²) >= 11 is 0. The second-order valence-electron chi connectivity index (χ2n) is 4.79. The van der Waals surface area contributed by atoms with Gasteiger partial charge in [-0.25, -0.2) is 0 Å². The molecule has 2 aromatic heterocycles. The average molecular weight is 256 g/mol. The topological polar surface area (TPSA) is 69.0 Å². The van der Waals surface area contributed by atoms with Crippen LogP contribution in [-0.2, 0) is 14.1 Å². The van der Waals surface area contributed by atoms with Gasteiger partial charge in [-0.15, -0.1) is 0 Å². The fourth-order valence-corrected chi connectivity index (χ4v) is 2.62. The molecule has 2 heterocycles. The van der Waals surface area contributed by atoms with E-state index >= 15 is 0 Å². The van der Waals surface area contributed by atoms with Gasteiger partial charge in [-0.1, -0.05) is 0 Å². The van der Waals surface area contributed by atoms with Gasteiger partial charge < -0.3 is 15.4 Å². The van der Waals surface area contributed by atoms with Crippen molar-refractivity contribution in [1.82, 2.24) is 14.3 Å². The number of benzene rings is 1. The van der Waals surface area contributed by atoms with Gasteiger partial charge in [0.1, 0.15) is 5.75 Å². The minimum absolute atomic E-state index is 0.250. The number of rotatable bonds is 1. The maximum absolute atomic E-state index is 9.73. The first kappa shape index (κ1) is 11.6. The molecule has 5 heteroatoms. The molecule has 0 amide bonds. The molecule has 0 atom stereocenters. The lowest BCUT2D eigenvalue weighted by Crippen LogP contribution is -1.98. The largest absolute Gasteiger partial charge is 0.508 e. The molecule has 5 nitrogen and oxygen atoms in total. The summed E-state index contributed by atoms with van der Waals surface area (Å²) in [7, 11) is 3.87. The zero-order valence-electron chi connectivity index (χ0n) is 11.2. The summed E-state index contributed by atoms with van der Waals surface area (Å²) in [5.74, 6) is 0.250. The number of nitrogen functional groups attached to an aromatic ring is 1. The summed E-state index contributed by atoms with van der Waals surface area (Å²) in [4.78, 5) is 0. The Kier molecular flexibility index (Phi) is 2.32. The molecule has 98 valence electrons. The van der Waals surface area contributed by atoms with Gasteiger partial charge in [0, 0.05) is 36.3 Å². The summed E-state index contributed by atoms with van der Waals surface area (Å²) in [6.07, 6.45) is 1.65. The van der Waals surface area contributed by atoms with Gasteiger partial charge in [0.25, 0.3) is 0 Å². The number of aromatic nitrogens is 3. The van der Waals surface area contributed by atoms with E-state index in [0.717, 1.165) is 27.9 Å². The molecule has 0 saturated heterocycles. The monoisotopic (exact) mass is 256 g/mol. The standard InChI is InChI=1S/C14H16N4O/c1-8-13(14-11(15)7-16-18(14)3)10-6-9(19)4-5-12(10)17(8)2/h4-7,19H,15H2,1-3H3. The third-order valence-electron chi connectivity index (χ3n) is 3.68. The molecular weight excluding hydrogens is 240 g/mol. The lowest BCUT2D eigenvalue weighted by molar-refractivity contribution is 0.476. The van der Waals surface area contributed by atoms with Crippen LogP contribution in [0.5, 0.6) is 5.75 Å². The SMILES string of the molecule is Cc1c(-c2c(N)cnn2C)c2cc(O)ccc2n1C. The average Bonchev–Trinajstić information content (AvgIpc) is 2.80. The molecule has 0 saturated carbocycles. The van der Waals surface area contributed by atoms with Crippen LogP contribution >= 0.6 is 0 Å². The van der Waals surface area contributed by atoms with E-state index in [4.69, 9.17) is 5.73 Å². The summed E-state index contributed by atoms with van der Waals surface area (Å²) in [5, 5.41) is 14.9. The molecule has 0 fully saturated rings. The van der Waals surface area contributed by atoms with Crippen molar-refractivity contribution in [3.05, 3.63) is 30.1 Å². The number of anilines is 1. The number of aryl methyl sites for hydroxylation is 2. The van der Waals surface area contributed by atoms with Gasteiger partial charge in [0.2, 0.25) is 0 Å². The van der Waals surface area contributed by atoms with Crippen LogP contribution < -0.4 is 5.73 Å². The molecule has 3 N–H and O–H groups in total. The van der Waals surface area contributed by atoms with E-state index in [9.17, 15) is 5.11 Å². The highest BCUT2D eigenvalue weighted by Gasteiger charge is 2.19. The van der Waals surface area contributed by atoms with E-state index in [1.165, 1.54) is 0 Å². The summed E-state index contributed by atoms with van der Waals surface area (Å²) in [6.45, 7) is 2.04. The normalized spacial score (nSPS) is 11.3. The van der Waals surface area contributed by atoms with Gasteiger partial charge in [-0.3, -0.25) is 4.68 Å². The number of fused-ring (bicyclic) bond motifs is 1. The Bertz CT molecular complexity index is 763. The molecular formula is C14H16N4O. The Hall–Kier alpha value is -2.43. The predicted octanol–water partition coefficient (Wildman–Crippen LogP) is 2.18. The molecule has 3 aromatic rings. The zero-order valence-corrected chi connectivity index (χ0v) is 11.2. The maximum atomic E-state index is 9.73. The maximum Gasteiger partial charge on any atom is 0.116 e. The number of phenolic OH excluding ortho intramolecular Hbond substituents is 1. The van der Waals surface area contributed by atoms with E-state index in [0.29, 0.717) is 5.69 Å². The third-order valence-corrected chi connectivity index (χ3v) is 3.68. The molecule has 0 aliphatic rings. The number of hydrogen-bond donors (Lipinski definition) is 2. The Labute approximate surface area is 110 Å². The molecule has 0 spiro atoms. The van der Waals surface area contributed by atoms with Gasteiger partial charge >= 0.3 is 0 Å². The van der Waals surface area contributed by atoms with E-state index < -0.39 is 0 Å². The van der Waals surface area contributed by atoms with E-state index in [1.807, 2.05) is 27.1 Å². The van der Waals surface area contributed by atoms with Crippen LogP contribution in [0.15, 0.2) is 24.4 Å². The first-order valence-corrected chi connectivity index (χ1v) is 6.06. The molecule has 0 radical (unpaired) electrons. The number of aromatic hydroxyl groups is 1. The highest BCUT2D eigenvalue weighted by molar-refractivity contribution is 6.00. The smallest absolute Gasteiger partial charge is 0.116 e. The van der Waals surface area contributed by atoms with Crippen molar-refractivity contribution in [2.45, 2.75) is 6.92 Å². The molecule has 1 aromatic carbocycles. The predicted molar refractivity (Wildman–Crippen MR) is 75.9 cm³/mol. The summed E-state index contributed by atoms with van der Waals surface area (Å²) in [6, 6.07) is 5.37. The van der Waals surface area contributed by atoms with Crippen molar-refractivity contribution in [1.29, 1.82) is 0 Å². The quantitative estimate of drug-likeness (QED) is 0.701. The molecule has 19 heavy (non-hydrogen) atoms. The lowest BCUT2D eigenvalue weighted by Gasteiger charge is -2.05. The fourth-order valence-electron chi connectivity index (χ4n) is 2.62. The van der Waals surface area contributed by atoms with Gasteiger partial charge in [-0.2, -0.15) is 5.10 Å². The van der Waals surface area contributed by atoms with Gasteiger partial charge in [-0.05, 0) is 25.1 Å². The van der Waals surface area contributed by atoms with Crippen LogP contribution in [-0.4, -0.2) is 19.5 Å². The minimum Gasteiger partial charge on any atom is -0.508 e. The second kappa shape index (κ2) is 3.78. The minimum atomic E-state index is 0.250. The van der Waals surface area contributed by atoms with Crippen molar-refractivity contribution in [2.75, 3.05) is 5.73 Å². The number of hydrogen-bond acceptors (Lipinski definition) is 3. The fraction of sp³-hybridized carbons (Fsp3) is 0.214. The molecule has 0 aliphatic carbocycles. The molecule has 0 bridgehead atoms. The first-order chi connectivity index (χ1) is 9.00. The van der Waals surface area contributed by atoms with Crippen LogP contribution in [0.1, 0.15) is 5.69 Å². The first-order valence-electron chi connectivity index (χ1n) is 6.06. The Morgan fingerprint density at radius 3 is 2.63 bits per heavy atom. The number of nitrogens with zero attached hydrogens (tertiary/aromatic N) is 3. The van der Waals surface area contributed by atoms with Crippen LogP contribution in [0.2, 0.25) is 0 Å². The second-order valence-corrected chi connectivity index (χ2v) is 4.79. The van der Waals surface area contributed by atoms with Crippen LogP contribution in [0, 0.1) is 6.92 Å². The highest BCUT2D eigenvalue weighted by atomic mass is 16.3. The van der Waals surface area contributed by atoms with Crippen molar-refractivity contribution in [2.24, 2.45) is 14.1 Å². The van der Waals surface area contributed by atoms with Crippen molar-refractivity contribution < 1.29 is 5.11 Å². The molecule has 0 unspecified atom stereocenters. The molecule has 3 rings (SSSR count). The Morgan fingerprint density at radius 2 is 2.00 bits per heavy atom. The van der Waals surface area contributed by atoms with Crippen LogP contribution in [0.25, 0.3) is 22.2 Å². The Balaban J connectivity index is 2.47. The van der Waals surface area contributed by atoms with Crippen molar-refractivity contribution >= 4 is 16.6 Å².